The number of ether oxygens (including phenoxy) is 1. The Balaban J connectivity index is 2.13. The number of nitrogens with one attached hydrogen (secondary N) is 1. The number of fused-ring (bicyclic) bond motifs is 1. The van der Waals surface area contributed by atoms with E-state index in [0.717, 1.165) is 48.2 Å². The van der Waals surface area contributed by atoms with Crippen molar-refractivity contribution in [2.75, 3.05) is 19.0 Å². The van der Waals surface area contributed by atoms with Crippen LogP contribution in [0.4, 0.5) is 5.69 Å². The van der Waals surface area contributed by atoms with Crippen molar-refractivity contribution < 1.29 is 9.84 Å². The maximum atomic E-state index is 11.6. The molecule has 0 unspecified atom stereocenters. The molecular weight excluding hydrogens is 322 g/mol. The lowest BCUT2D eigenvalue weighted by Gasteiger charge is -2.39. The molecule has 3 rings (SSSR count). The van der Waals surface area contributed by atoms with Gasteiger partial charge in [0.2, 0.25) is 0 Å². The van der Waals surface area contributed by atoms with Gasteiger partial charge in [0.25, 0.3) is 0 Å². The summed E-state index contributed by atoms with van der Waals surface area (Å²) >= 11 is 0. The molecule has 3 atom stereocenters. The Hall–Kier alpha value is -2.00. The Bertz CT molecular complexity index is 715. The standard InChI is InChI=1S/C23H31NO2/c1-4-6-14-23(5-2)16-26-20-13-12-18(24-3)15-19(20)21(22(23)25)17-10-8-7-9-11-17/h7-13,15,21-22,24-25H,4-6,14,16H2,1-3H3/t21-,22-,23+/m0/s1. The van der Waals surface area contributed by atoms with Gasteiger partial charge in [-0.1, -0.05) is 57.0 Å². The highest BCUT2D eigenvalue weighted by Crippen LogP contribution is 2.48. The normalized spacial score (nSPS) is 25.1. The molecule has 3 heteroatoms. The fourth-order valence-corrected chi connectivity index (χ4v) is 4.17. The van der Waals surface area contributed by atoms with Gasteiger partial charge in [0.1, 0.15) is 5.75 Å². The van der Waals surface area contributed by atoms with Crippen LogP contribution in [0.2, 0.25) is 0 Å². The molecule has 2 N–H and O–H groups in total. The van der Waals surface area contributed by atoms with Crippen molar-refractivity contribution in [3.63, 3.8) is 0 Å². The van der Waals surface area contributed by atoms with Crippen molar-refractivity contribution in [1.29, 1.82) is 0 Å². The van der Waals surface area contributed by atoms with E-state index in [9.17, 15) is 5.11 Å². The number of anilines is 1. The average molecular weight is 354 g/mol. The van der Waals surface area contributed by atoms with Crippen LogP contribution in [0.3, 0.4) is 0 Å². The number of aliphatic hydroxyl groups is 1. The van der Waals surface area contributed by atoms with E-state index < -0.39 is 6.10 Å². The molecule has 0 amide bonds. The molecule has 0 bridgehead atoms. The fraction of sp³-hybridized carbons (Fsp3) is 0.478. The van der Waals surface area contributed by atoms with Gasteiger partial charge in [0, 0.05) is 29.6 Å². The zero-order valence-electron chi connectivity index (χ0n) is 16.2. The smallest absolute Gasteiger partial charge is 0.123 e. The Morgan fingerprint density at radius 2 is 1.92 bits per heavy atom. The van der Waals surface area contributed by atoms with Crippen LogP contribution in [-0.4, -0.2) is 24.9 Å². The SMILES string of the molecule is CCCC[C@]1(CC)COc2ccc(NC)cc2[C@H](c2ccccc2)[C@@H]1O. The molecule has 0 fully saturated rings. The molecule has 1 heterocycles. The average Bonchev–Trinajstić information content (AvgIpc) is 2.81. The number of aliphatic hydroxyl groups excluding tert-OH is 1. The lowest BCUT2D eigenvalue weighted by atomic mass is 9.69. The van der Waals surface area contributed by atoms with E-state index in [1.165, 1.54) is 0 Å². The van der Waals surface area contributed by atoms with Crippen LogP contribution in [0.5, 0.6) is 5.75 Å². The van der Waals surface area contributed by atoms with Gasteiger partial charge in [0.15, 0.2) is 0 Å². The molecule has 2 aromatic rings. The first-order valence-corrected chi connectivity index (χ1v) is 9.82. The lowest BCUT2D eigenvalue weighted by Crippen LogP contribution is -2.42. The summed E-state index contributed by atoms with van der Waals surface area (Å²) in [5, 5.41) is 14.9. The topological polar surface area (TPSA) is 41.5 Å². The van der Waals surface area contributed by atoms with Crippen LogP contribution in [0.25, 0.3) is 0 Å². The molecule has 0 aromatic heterocycles. The molecule has 140 valence electrons. The summed E-state index contributed by atoms with van der Waals surface area (Å²) in [6, 6.07) is 16.6. The Kier molecular flexibility index (Phi) is 5.87. The summed E-state index contributed by atoms with van der Waals surface area (Å²) in [6.45, 7) is 4.95. The van der Waals surface area contributed by atoms with Crippen molar-refractivity contribution in [2.24, 2.45) is 5.41 Å². The lowest BCUT2D eigenvalue weighted by molar-refractivity contribution is -0.0210. The molecule has 1 aliphatic rings. The van der Waals surface area contributed by atoms with E-state index in [-0.39, 0.29) is 11.3 Å². The summed E-state index contributed by atoms with van der Waals surface area (Å²) in [7, 11) is 1.92. The van der Waals surface area contributed by atoms with Gasteiger partial charge in [-0.3, -0.25) is 0 Å². The van der Waals surface area contributed by atoms with Crippen molar-refractivity contribution in [2.45, 2.75) is 51.6 Å². The zero-order valence-corrected chi connectivity index (χ0v) is 16.2. The van der Waals surface area contributed by atoms with Gasteiger partial charge < -0.3 is 15.2 Å². The van der Waals surface area contributed by atoms with E-state index in [1.807, 2.05) is 25.2 Å². The quantitative estimate of drug-likeness (QED) is 0.750. The Morgan fingerprint density at radius 3 is 2.58 bits per heavy atom. The van der Waals surface area contributed by atoms with Crippen LogP contribution < -0.4 is 10.1 Å². The predicted molar refractivity (Wildman–Crippen MR) is 108 cm³/mol. The van der Waals surface area contributed by atoms with Crippen molar-refractivity contribution >= 4 is 5.69 Å². The number of hydrogen-bond donors (Lipinski definition) is 2. The van der Waals surface area contributed by atoms with Crippen LogP contribution >= 0.6 is 0 Å². The van der Waals surface area contributed by atoms with Gasteiger partial charge in [-0.25, -0.2) is 0 Å². The predicted octanol–water partition coefficient (Wildman–Crippen LogP) is 5.20. The Labute approximate surface area is 157 Å². The maximum Gasteiger partial charge on any atom is 0.123 e. The third-order valence-corrected chi connectivity index (χ3v) is 5.98. The number of rotatable bonds is 6. The number of hydrogen-bond acceptors (Lipinski definition) is 3. The third-order valence-electron chi connectivity index (χ3n) is 5.98. The first-order chi connectivity index (χ1) is 12.6. The second-order valence-electron chi connectivity index (χ2n) is 7.44. The molecule has 0 aliphatic carbocycles. The van der Waals surface area contributed by atoms with Crippen LogP contribution in [0, 0.1) is 5.41 Å². The molecule has 0 saturated carbocycles. The zero-order chi connectivity index (χ0) is 18.6. The van der Waals surface area contributed by atoms with Gasteiger partial charge in [-0.15, -0.1) is 0 Å². The maximum absolute atomic E-state index is 11.6. The second kappa shape index (κ2) is 8.13. The molecule has 3 nitrogen and oxygen atoms in total. The fourth-order valence-electron chi connectivity index (χ4n) is 4.17. The largest absolute Gasteiger partial charge is 0.493 e. The second-order valence-corrected chi connectivity index (χ2v) is 7.44. The highest BCUT2D eigenvalue weighted by Gasteiger charge is 2.45. The van der Waals surface area contributed by atoms with Crippen molar-refractivity contribution in [1.82, 2.24) is 0 Å². The van der Waals surface area contributed by atoms with Gasteiger partial charge >= 0.3 is 0 Å². The first kappa shape index (κ1) is 18.8. The van der Waals surface area contributed by atoms with Crippen molar-refractivity contribution in [3.8, 4) is 5.75 Å². The summed E-state index contributed by atoms with van der Waals surface area (Å²) in [4.78, 5) is 0. The molecule has 0 radical (unpaired) electrons. The van der Waals surface area contributed by atoms with E-state index in [0.29, 0.717) is 6.61 Å². The van der Waals surface area contributed by atoms with Crippen LogP contribution in [0.15, 0.2) is 48.5 Å². The molecule has 0 saturated heterocycles. The van der Waals surface area contributed by atoms with E-state index >= 15 is 0 Å². The summed E-state index contributed by atoms with van der Waals surface area (Å²) < 4.78 is 6.29. The van der Waals surface area contributed by atoms with E-state index in [1.54, 1.807) is 0 Å². The molecule has 1 aliphatic heterocycles. The van der Waals surface area contributed by atoms with E-state index in [2.05, 4.69) is 49.5 Å². The van der Waals surface area contributed by atoms with Crippen molar-refractivity contribution in [3.05, 3.63) is 59.7 Å². The van der Waals surface area contributed by atoms with Gasteiger partial charge in [-0.2, -0.15) is 0 Å². The minimum Gasteiger partial charge on any atom is -0.493 e. The molecular formula is C23H31NO2. The minimum absolute atomic E-state index is 0.0844. The third kappa shape index (κ3) is 3.45. The first-order valence-electron chi connectivity index (χ1n) is 9.82. The Morgan fingerprint density at radius 1 is 1.15 bits per heavy atom. The summed E-state index contributed by atoms with van der Waals surface area (Å²) in [5.74, 6) is 0.808. The number of benzene rings is 2. The number of unbranched alkanes of at least 4 members (excludes halogenated alkanes) is 1. The van der Waals surface area contributed by atoms with Gasteiger partial charge in [-0.05, 0) is 36.6 Å². The monoisotopic (exact) mass is 353 g/mol. The summed E-state index contributed by atoms with van der Waals surface area (Å²) in [5.41, 5.74) is 3.03. The highest BCUT2D eigenvalue weighted by molar-refractivity contribution is 5.55. The molecule has 2 aromatic carbocycles. The summed E-state index contributed by atoms with van der Waals surface area (Å²) in [6.07, 6.45) is 3.64. The molecule has 26 heavy (non-hydrogen) atoms. The van der Waals surface area contributed by atoms with Crippen LogP contribution in [-0.2, 0) is 0 Å². The van der Waals surface area contributed by atoms with Crippen LogP contribution in [0.1, 0.15) is 56.6 Å². The highest BCUT2D eigenvalue weighted by atomic mass is 16.5. The van der Waals surface area contributed by atoms with E-state index in [4.69, 9.17) is 4.74 Å². The molecule has 0 spiro atoms. The minimum atomic E-state index is -0.477. The van der Waals surface area contributed by atoms with Gasteiger partial charge in [0.05, 0.1) is 12.7 Å².